The second-order valence-electron chi connectivity index (χ2n) is 3.53. The lowest BCUT2D eigenvalue weighted by Gasteiger charge is -2.06. The molecule has 4 nitrogen and oxygen atoms in total. The van der Waals surface area contributed by atoms with Gasteiger partial charge in [-0.05, 0) is 24.3 Å². The maximum Gasteiger partial charge on any atom is 0.274 e. The van der Waals surface area contributed by atoms with Crippen LogP contribution in [0.4, 0.5) is 20.2 Å². The summed E-state index contributed by atoms with van der Waals surface area (Å²) in [6, 6.07) is 6.40. The molecule has 0 aliphatic rings. The van der Waals surface area contributed by atoms with Crippen molar-refractivity contribution in [3.8, 4) is 0 Å². The topological polar surface area (TPSA) is 68.0 Å². The summed E-state index contributed by atoms with van der Waals surface area (Å²) in [5.74, 6) is -2.78. The molecule has 6 heteroatoms. The Morgan fingerprint density at radius 2 is 2.00 bits per heavy atom. The van der Waals surface area contributed by atoms with Crippen LogP contribution < -0.4 is 11.1 Å². The molecule has 0 bridgehead atoms. The molecule has 0 radical (unpaired) electrons. The Kier molecular flexibility index (Phi) is 3.18. The van der Waals surface area contributed by atoms with Crippen molar-refractivity contribution in [3.63, 3.8) is 0 Å². The Labute approximate surface area is 101 Å². The van der Waals surface area contributed by atoms with E-state index in [0.717, 1.165) is 6.07 Å². The van der Waals surface area contributed by atoms with E-state index in [1.54, 1.807) is 0 Å². The Bertz CT molecular complexity index is 584. The number of anilines is 2. The highest BCUT2D eigenvalue weighted by molar-refractivity contribution is 6.03. The summed E-state index contributed by atoms with van der Waals surface area (Å²) in [7, 11) is 0. The van der Waals surface area contributed by atoms with Gasteiger partial charge >= 0.3 is 0 Å². The minimum absolute atomic E-state index is 0.0628. The van der Waals surface area contributed by atoms with Crippen LogP contribution in [0.15, 0.2) is 36.5 Å². The van der Waals surface area contributed by atoms with E-state index < -0.39 is 17.5 Å². The molecule has 18 heavy (non-hydrogen) atoms. The van der Waals surface area contributed by atoms with Crippen LogP contribution >= 0.6 is 0 Å². The van der Waals surface area contributed by atoms with E-state index in [2.05, 4.69) is 10.3 Å². The van der Waals surface area contributed by atoms with E-state index in [-0.39, 0.29) is 11.4 Å². The predicted octanol–water partition coefficient (Wildman–Crippen LogP) is 2.19. The molecule has 2 rings (SSSR count). The molecule has 3 N–H and O–H groups in total. The number of hydrogen-bond donors (Lipinski definition) is 2. The SMILES string of the molecule is Nc1ccc(C(=O)Nc2cccc(F)c2F)nc1. The van der Waals surface area contributed by atoms with Crippen LogP contribution in [0.3, 0.4) is 0 Å². The summed E-state index contributed by atoms with van der Waals surface area (Å²) < 4.78 is 26.2. The molecule has 2 aromatic rings. The number of nitrogens with zero attached hydrogens (tertiary/aromatic N) is 1. The standard InChI is InChI=1S/C12H9F2N3O/c13-8-2-1-3-9(11(8)14)17-12(18)10-5-4-7(15)6-16-10/h1-6H,15H2,(H,17,18). The van der Waals surface area contributed by atoms with E-state index >= 15 is 0 Å². The number of nitrogens with one attached hydrogen (secondary N) is 1. The normalized spacial score (nSPS) is 10.1. The molecule has 0 fully saturated rings. The third kappa shape index (κ3) is 2.42. The lowest BCUT2D eigenvalue weighted by molar-refractivity contribution is 0.102. The highest BCUT2D eigenvalue weighted by Gasteiger charge is 2.12. The van der Waals surface area contributed by atoms with Gasteiger partial charge in [0.1, 0.15) is 5.69 Å². The van der Waals surface area contributed by atoms with Gasteiger partial charge in [0.15, 0.2) is 11.6 Å². The minimum Gasteiger partial charge on any atom is -0.397 e. The molecule has 0 aliphatic heterocycles. The van der Waals surface area contributed by atoms with E-state index in [1.807, 2.05) is 0 Å². The van der Waals surface area contributed by atoms with Crippen LogP contribution in [0.5, 0.6) is 0 Å². The molecule has 0 spiro atoms. The van der Waals surface area contributed by atoms with Gasteiger partial charge in [0.05, 0.1) is 17.6 Å². The van der Waals surface area contributed by atoms with Gasteiger partial charge in [-0.1, -0.05) is 6.07 Å². The number of carbonyl (C=O) groups excluding carboxylic acids is 1. The highest BCUT2D eigenvalue weighted by Crippen LogP contribution is 2.17. The number of benzene rings is 1. The van der Waals surface area contributed by atoms with Crippen molar-refractivity contribution >= 4 is 17.3 Å². The molecule has 1 aromatic carbocycles. The fourth-order valence-electron chi connectivity index (χ4n) is 1.33. The molecule has 92 valence electrons. The zero-order valence-corrected chi connectivity index (χ0v) is 9.15. The van der Waals surface area contributed by atoms with Crippen LogP contribution in [-0.4, -0.2) is 10.9 Å². The maximum atomic E-state index is 13.3. The Morgan fingerprint density at radius 1 is 1.22 bits per heavy atom. The van der Waals surface area contributed by atoms with E-state index in [9.17, 15) is 13.6 Å². The number of carbonyl (C=O) groups is 1. The molecule has 1 aromatic heterocycles. The van der Waals surface area contributed by atoms with Gasteiger partial charge in [0, 0.05) is 0 Å². The minimum atomic E-state index is -1.11. The molecule has 1 amide bonds. The number of halogens is 2. The van der Waals surface area contributed by atoms with Gasteiger partial charge in [-0.2, -0.15) is 0 Å². The van der Waals surface area contributed by atoms with Crippen molar-refractivity contribution in [2.75, 3.05) is 11.1 Å². The first-order valence-corrected chi connectivity index (χ1v) is 5.05. The Hall–Kier alpha value is -2.50. The molecule has 0 atom stereocenters. The first kappa shape index (κ1) is 12.0. The molecule has 0 unspecified atom stereocenters. The number of amides is 1. The largest absolute Gasteiger partial charge is 0.397 e. The lowest BCUT2D eigenvalue weighted by Crippen LogP contribution is -2.15. The summed E-state index contributed by atoms with van der Waals surface area (Å²) in [5, 5.41) is 2.23. The summed E-state index contributed by atoms with van der Waals surface area (Å²) in [6.45, 7) is 0. The summed E-state index contributed by atoms with van der Waals surface area (Å²) in [4.78, 5) is 15.5. The van der Waals surface area contributed by atoms with Crippen LogP contribution in [0.2, 0.25) is 0 Å². The molecular formula is C12H9F2N3O. The fraction of sp³-hybridized carbons (Fsp3) is 0. The van der Waals surface area contributed by atoms with Gasteiger partial charge in [0.25, 0.3) is 5.91 Å². The second-order valence-corrected chi connectivity index (χ2v) is 3.53. The number of nitrogens with two attached hydrogens (primary N) is 1. The van der Waals surface area contributed by atoms with Crippen LogP contribution in [0.1, 0.15) is 10.5 Å². The van der Waals surface area contributed by atoms with Gasteiger partial charge in [-0.25, -0.2) is 13.8 Å². The van der Waals surface area contributed by atoms with E-state index in [1.165, 1.54) is 30.5 Å². The van der Waals surface area contributed by atoms with Crippen molar-refractivity contribution in [2.45, 2.75) is 0 Å². The number of pyridine rings is 1. The lowest BCUT2D eigenvalue weighted by atomic mass is 10.2. The number of rotatable bonds is 2. The average Bonchev–Trinajstić information content (AvgIpc) is 2.36. The molecule has 1 heterocycles. The quantitative estimate of drug-likeness (QED) is 0.857. The molecular weight excluding hydrogens is 240 g/mol. The summed E-state index contributed by atoms with van der Waals surface area (Å²) in [5.41, 5.74) is 5.65. The van der Waals surface area contributed by atoms with Crippen molar-refractivity contribution in [1.29, 1.82) is 0 Å². The predicted molar refractivity (Wildman–Crippen MR) is 63.0 cm³/mol. The van der Waals surface area contributed by atoms with E-state index in [4.69, 9.17) is 5.73 Å². The third-order valence-corrected chi connectivity index (χ3v) is 2.22. The number of nitrogen functional groups attached to an aromatic ring is 1. The molecule has 0 saturated heterocycles. The van der Waals surface area contributed by atoms with Crippen molar-refractivity contribution in [2.24, 2.45) is 0 Å². The Balaban J connectivity index is 2.21. The first-order valence-electron chi connectivity index (χ1n) is 5.05. The number of hydrogen-bond acceptors (Lipinski definition) is 3. The van der Waals surface area contributed by atoms with Gasteiger partial charge in [0.2, 0.25) is 0 Å². The van der Waals surface area contributed by atoms with Gasteiger partial charge in [-0.15, -0.1) is 0 Å². The smallest absolute Gasteiger partial charge is 0.274 e. The summed E-state index contributed by atoms with van der Waals surface area (Å²) >= 11 is 0. The van der Waals surface area contributed by atoms with Gasteiger partial charge < -0.3 is 11.1 Å². The molecule has 0 saturated carbocycles. The van der Waals surface area contributed by atoms with Crippen molar-refractivity contribution in [3.05, 3.63) is 53.9 Å². The zero-order chi connectivity index (χ0) is 13.1. The van der Waals surface area contributed by atoms with E-state index in [0.29, 0.717) is 5.69 Å². The van der Waals surface area contributed by atoms with Crippen molar-refractivity contribution in [1.82, 2.24) is 4.98 Å². The Morgan fingerprint density at radius 3 is 2.67 bits per heavy atom. The van der Waals surface area contributed by atoms with Crippen molar-refractivity contribution < 1.29 is 13.6 Å². The van der Waals surface area contributed by atoms with Gasteiger partial charge in [-0.3, -0.25) is 4.79 Å². The second kappa shape index (κ2) is 4.79. The van der Waals surface area contributed by atoms with Crippen LogP contribution in [0, 0.1) is 11.6 Å². The van der Waals surface area contributed by atoms with Crippen LogP contribution in [-0.2, 0) is 0 Å². The van der Waals surface area contributed by atoms with Crippen LogP contribution in [0.25, 0.3) is 0 Å². The fourth-order valence-corrected chi connectivity index (χ4v) is 1.33. The highest BCUT2D eigenvalue weighted by atomic mass is 19.2. The zero-order valence-electron chi connectivity index (χ0n) is 9.15. The average molecular weight is 249 g/mol. The molecule has 0 aliphatic carbocycles. The summed E-state index contributed by atoms with van der Waals surface area (Å²) in [6.07, 6.45) is 1.30. The maximum absolute atomic E-state index is 13.3. The monoisotopic (exact) mass is 249 g/mol. The third-order valence-electron chi connectivity index (χ3n) is 2.22. The number of aromatic nitrogens is 1. The first-order chi connectivity index (χ1) is 8.58.